The number of hydrogen-bond donors (Lipinski definition) is 1. The lowest BCUT2D eigenvalue weighted by atomic mass is 10.1. The van der Waals surface area contributed by atoms with Crippen LogP contribution < -0.4 is 5.32 Å². The largest absolute Gasteiger partial charge is 0.381 e. The van der Waals surface area contributed by atoms with Crippen LogP contribution >= 0.6 is 11.8 Å². The SMILES string of the molecule is CC1CN(CCNCC2CCOC2)CCS1. The van der Waals surface area contributed by atoms with Gasteiger partial charge in [0.05, 0.1) is 6.61 Å². The Morgan fingerprint density at radius 1 is 1.50 bits per heavy atom. The first-order chi connectivity index (χ1) is 7.84. The zero-order valence-corrected chi connectivity index (χ0v) is 11.1. The minimum Gasteiger partial charge on any atom is -0.381 e. The average Bonchev–Trinajstić information content (AvgIpc) is 2.77. The van der Waals surface area contributed by atoms with E-state index < -0.39 is 0 Å². The average molecular weight is 244 g/mol. The van der Waals surface area contributed by atoms with Gasteiger partial charge in [-0.25, -0.2) is 0 Å². The molecular formula is C12H24N2OS. The van der Waals surface area contributed by atoms with Crippen molar-refractivity contribution in [3.63, 3.8) is 0 Å². The lowest BCUT2D eigenvalue weighted by Crippen LogP contribution is -2.41. The first-order valence-electron chi connectivity index (χ1n) is 6.47. The molecule has 0 aromatic rings. The minimum absolute atomic E-state index is 0.760. The molecule has 2 atom stereocenters. The fourth-order valence-electron chi connectivity index (χ4n) is 2.38. The van der Waals surface area contributed by atoms with Crippen LogP contribution in [0.15, 0.2) is 0 Å². The van der Waals surface area contributed by atoms with Crippen molar-refractivity contribution < 1.29 is 4.74 Å². The molecule has 2 aliphatic heterocycles. The van der Waals surface area contributed by atoms with Crippen molar-refractivity contribution in [1.82, 2.24) is 10.2 Å². The summed E-state index contributed by atoms with van der Waals surface area (Å²) in [4.78, 5) is 2.58. The van der Waals surface area contributed by atoms with Crippen molar-refractivity contribution in [2.24, 2.45) is 5.92 Å². The number of nitrogens with zero attached hydrogens (tertiary/aromatic N) is 1. The van der Waals surface area contributed by atoms with Crippen LogP contribution in [0.4, 0.5) is 0 Å². The second-order valence-electron chi connectivity index (χ2n) is 4.92. The molecule has 1 N–H and O–H groups in total. The molecule has 0 saturated carbocycles. The molecule has 0 radical (unpaired) electrons. The van der Waals surface area contributed by atoms with E-state index in [0.717, 1.165) is 37.5 Å². The summed E-state index contributed by atoms with van der Waals surface area (Å²) in [6.07, 6.45) is 1.24. The monoisotopic (exact) mass is 244 g/mol. The molecule has 0 aromatic heterocycles. The van der Waals surface area contributed by atoms with Crippen LogP contribution in [0.5, 0.6) is 0 Å². The molecular weight excluding hydrogens is 220 g/mol. The van der Waals surface area contributed by atoms with Gasteiger partial charge in [-0.3, -0.25) is 0 Å². The van der Waals surface area contributed by atoms with Gasteiger partial charge in [-0.2, -0.15) is 11.8 Å². The summed E-state index contributed by atoms with van der Waals surface area (Å²) in [7, 11) is 0. The van der Waals surface area contributed by atoms with E-state index in [2.05, 4.69) is 28.9 Å². The van der Waals surface area contributed by atoms with Gasteiger partial charge < -0.3 is 15.0 Å². The zero-order chi connectivity index (χ0) is 11.2. The molecule has 3 nitrogen and oxygen atoms in total. The highest BCUT2D eigenvalue weighted by Crippen LogP contribution is 2.17. The molecule has 2 saturated heterocycles. The molecule has 0 aromatic carbocycles. The third kappa shape index (κ3) is 4.24. The van der Waals surface area contributed by atoms with Gasteiger partial charge in [-0.15, -0.1) is 0 Å². The molecule has 4 heteroatoms. The molecule has 2 heterocycles. The van der Waals surface area contributed by atoms with E-state index >= 15 is 0 Å². The lowest BCUT2D eigenvalue weighted by molar-refractivity contribution is 0.185. The molecule has 94 valence electrons. The van der Waals surface area contributed by atoms with Crippen molar-refractivity contribution in [3.8, 4) is 0 Å². The van der Waals surface area contributed by atoms with E-state index in [1.165, 1.54) is 31.8 Å². The topological polar surface area (TPSA) is 24.5 Å². The van der Waals surface area contributed by atoms with Crippen LogP contribution in [0.3, 0.4) is 0 Å². The Hall–Kier alpha value is 0.230. The Morgan fingerprint density at radius 2 is 2.44 bits per heavy atom. The van der Waals surface area contributed by atoms with Crippen LogP contribution in [-0.4, -0.2) is 61.8 Å². The van der Waals surface area contributed by atoms with E-state index in [0.29, 0.717) is 0 Å². The third-order valence-corrected chi connectivity index (χ3v) is 4.52. The fourth-order valence-corrected chi connectivity index (χ4v) is 3.46. The van der Waals surface area contributed by atoms with E-state index in [9.17, 15) is 0 Å². The van der Waals surface area contributed by atoms with Crippen LogP contribution in [0.25, 0.3) is 0 Å². The number of thioether (sulfide) groups is 1. The Morgan fingerprint density at radius 3 is 3.19 bits per heavy atom. The summed E-state index contributed by atoms with van der Waals surface area (Å²) in [5, 5.41) is 4.38. The third-order valence-electron chi connectivity index (χ3n) is 3.39. The van der Waals surface area contributed by atoms with Crippen LogP contribution in [0.1, 0.15) is 13.3 Å². The molecule has 0 amide bonds. The summed E-state index contributed by atoms with van der Waals surface area (Å²) in [6.45, 7) is 10.3. The smallest absolute Gasteiger partial charge is 0.0507 e. The Bertz CT molecular complexity index is 197. The Balaban J connectivity index is 1.50. The van der Waals surface area contributed by atoms with Crippen LogP contribution in [0, 0.1) is 5.92 Å². The second-order valence-corrected chi connectivity index (χ2v) is 6.46. The zero-order valence-electron chi connectivity index (χ0n) is 10.3. The van der Waals surface area contributed by atoms with Crippen molar-refractivity contribution in [1.29, 1.82) is 0 Å². The maximum Gasteiger partial charge on any atom is 0.0507 e. The standard InChI is InChI=1S/C12H24N2OS/c1-11-9-14(5-7-16-11)4-3-13-8-12-2-6-15-10-12/h11-13H,2-10H2,1H3. The molecule has 16 heavy (non-hydrogen) atoms. The summed E-state index contributed by atoms with van der Waals surface area (Å²) < 4.78 is 5.36. The summed E-state index contributed by atoms with van der Waals surface area (Å²) in [6, 6.07) is 0. The number of nitrogens with one attached hydrogen (secondary N) is 1. The summed E-state index contributed by atoms with van der Waals surface area (Å²) in [5.41, 5.74) is 0. The van der Waals surface area contributed by atoms with Crippen LogP contribution in [0.2, 0.25) is 0 Å². The van der Waals surface area contributed by atoms with Gasteiger partial charge >= 0.3 is 0 Å². The Kier molecular flexibility index (Phi) is 5.42. The summed E-state index contributed by atoms with van der Waals surface area (Å²) >= 11 is 2.10. The first kappa shape index (κ1) is 12.7. The van der Waals surface area contributed by atoms with Crippen molar-refractivity contribution in [2.75, 3.05) is 51.7 Å². The van der Waals surface area contributed by atoms with Crippen molar-refractivity contribution >= 4 is 11.8 Å². The van der Waals surface area contributed by atoms with Crippen molar-refractivity contribution in [3.05, 3.63) is 0 Å². The van der Waals surface area contributed by atoms with Gasteiger partial charge in [-0.05, 0) is 12.3 Å². The first-order valence-corrected chi connectivity index (χ1v) is 7.52. The van der Waals surface area contributed by atoms with Gasteiger partial charge in [0.2, 0.25) is 0 Å². The minimum atomic E-state index is 0.760. The lowest BCUT2D eigenvalue weighted by Gasteiger charge is -2.30. The molecule has 2 rings (SSSR count). The van der Waals surface area contributed by atoms with Gasteiger partial charge in [0.15, 0.2) is 0 Å². The molecule has 0 aliphatic carbocycles. The number of rotatable bonds is 5. The van der Waals surface area contributed by atoms with Gasteiger partial charge in [0.25, 0.3) is 0 Å². The maximum atomic E-state index is 5.36. The quantitative estimate of drug-likeness (QED) is 0.731. The highest BCUT2D eigenvalue weighted by molar-refractivity contribution is 7.99. The highest BCUT2D eigenvalue weighted by atomic mass is 32.2. The predicted molar refractivity (Wildman–Crippen MR) is 70.2 cm³/mol. The second kappa shape index (κ2) is 6.84. The molecule has 2 unspecified atom stereocenters. The fraction of sp³-hybridized carbons (Fsp3) is 1.00. The van der Waals surface area contributed by atoms with E-state index in [1.54, 1.807) is 0 Å². The molecule has 2 aliphatic rings. The molecule has 0 bridgehead atoms. The van der Waals surface area contributed by atoms with Gasteiger partial charge in [-0.1, -0.05) is 6.92 Å². The van der Waals surface area contributed by atoms with Gasteiger partial charge in [0, 0.05) is 50.3 Å². The normalized spacial score (nSPS) is 32.1. The van der Waals surface area contributed by atoms with Crippen molar-refractivity contribution in [2.45, 2.75) is 18.6 Å². The predicted octanol–water partition coefficient (Wildman–Crippen LogP) is 1.05. The molecule has 0 spiro atoms. The van der Waals surface area contributed by atoms with E-state index in [-0.39, 0.29) is 0 Å². The van der Waals surface area contributed by atoms with E-state index in [4.69, 9.17) is 4.74 Å². The van der Waals surface area contributed by atoms with Gasteiger partial charge in [0.1, 0.15) is 0 Å². The number of hydrogen-bond acceptors (Lipinski definition) is 4. The molecule has 2 fully saturated rings. The van der Waals surface area contributed by atoms with E-state index in [1.807, 2.05) is 0 Å². The highest BCUT2D eigenvalue weighted by Gasteiger charge is 2.17. The number of ether oxygens (including phenoxy) is 1. The maximum absolute atomic E-state index is 5.36. The Labute approximate surface area is 103 Å². The van der Waals surface area contributed by atoms with Crippen LogP contribution in [-0.2, 0) is 4.74 Å². The summed E-state index contributed by atoms with van der Waals surface area (Å²) in [5.74, 6) is 2.06.